The molecule has 0 N–H and O–H groups in total. The standard InChI is InChI=1S/C22H26FN3O3S/c23-19-8-10-21(11-9-19)30(28,29)26-12-4-5-18(17-26)22(27)25-15-13-24(14-16-25)20-6-2-1-3-7-20/h1-3,6-11,18H,4-5,12-17H2/t18-/m1/s1. The molecule has 0 bridgehead atoms. The maximum atomic E-state index is 13.2. The zero-order valence-corrected chi connectivity index (χ0v) is 17.6. The molecule has 2 aliphatic heterocycles. The Morgan fingerprint density at radius 1 is 0.900 bits per heavy atom. The first-order chi connectivity index (χ1) is 14.4. The summed E-state index contributed by atoms with van der Waals surface area (Å²) in [4.78, 5) is 17.3. The average molecular weight is 432 g/mol. The molecule has 1 amide bonds. The van der Waals surface area contributed by atoms with Crippen molar-refractivity contribution in [1.29, 1.82) is 0 Å². The van der Waals surface area contributed by atoms with Gasteiger partial charge in [-0.25, -0.2) is 12.8 Å². The lowest BCUT2D eigenvalue weighted by Crippen LogP contribution is -2.53. The number of hydrogen-bond acceptors (Lipinski definition) is 4. The second kappa shape index (κ2) is 8.73. The van der Waals surface area contributed by atoms with Gasteiger partial charge in [-0.1, -0.05) is 18.2 Å². The predicted octanol–water partition coefficient (Wildman–Crippen LogP) is 2.58. The summed E-state index contributed by atoms with van der Waals surface area (Å²) in [6, 6.07) is 15.0. The smallest absolute Gasteiger partial charge is 0.243 e. The molecule has 0 aliphatic carbocycles. The number of amides is 1. The number of benzene rings is 2. The Balaban J connectivity index is 1.39. The van der Waals surface area contributed by atoms with Crippen LogP contribution >= 0.6 is 0 Å². The van der Waals surface area contributed by atoms with Gasteiger partial charge < -0.3 is 9.80 Å². The largest absolute Gasteiger partial charge is 0.368 e. The summed E-state index contributed by atoms with van der Waals surface area (Å²) in [7, 11) is -3.73. The topological polar surface area (TPSA) is 60.9 Å². The van der Waals surface area contributed by atoms with E-state index >= 15 is 0 Å². The van der Waals surface area contributed by atoms with Gasteiger partial charge in [0.1, 0.15) is 5.82 Å². The van der Waals surface area contributed by atoms with E-state index in [1.54, 1.807) is 0 Å². The third kappa shape index (κ3) is 4.34. The quantitative estimate of drug-likeness (QED) is 0.747. The van der Waals surface area contributed by atoms with Crippen LogP contribution in [-0.2, 0) is 14.8 Å². The number of piperazine rings is 1. The molecule has 2 heterocycles. The van der Waals surface area contributed by atoms with E-state index in [2.05, 4.69) is 17.0 Å². The van der Waals surface area contributed by atoms with Crippen LogP contribution < -0.4 is 4.90 Å². The third-order valence-electron chi connectivity index (χ3n) is 5.90. The van der Waals surface area contributed by atoms with Gasteiger partial charge in [-0.05, 0) is 49.2 Å². The van der Waals surface area contributed by atoms with Gasteiger partial charge in [0.05, 0.1) is 10.8 Å². The number of para-hydroxylation sites is 1. The first-order valence-electron chi connectivity index (χ1n) is 10.3. The number of nitrogens with zero attached hydrogens (tertiary/aromatic N) is 3. The lowest BCUT2D eigenvalue weighted by Gasteiger charge is -2.39. The Morgan fingerprint density at radius 3 is 2.23 bits per heavy atom. The van der Waals surface area contributed by atoms with E-state index in [1.807, 2.05) is 23.1 Å². The molecule has 1 atom stereocenters. The fourth-order valence-corrected chi connectivity index (χ4v) is 5.72. The van der Waals surface area contributed by atoms with Crippen LogP contribution in [0.1, 0.15) is 12.8 Å². The van der Waals surface area contributed by atoms with Gasteiger partial charge in [0, 0.05) is 45.0 Å². The molecule has 30 heavy (non-hydrogen) atoms. The number of piperidine rings is 1. The number of rotatable bonds is 4. The van der Waals surface area contributed by atoms with E-state index in [0.717, 1.165) is 30.9 Å². The summed E-state index contributed by atoms with van der Waals surface area (Å²) >= 11 is 0. The highest BCUT2D eigenvalue weighted by atomic mass is 32.2. The van der Waals surface area contributed by atoms with E-state index in [9.17, 15) is 17.6 Å². The number of carbonyl (C=O) groups is 1. The van der Waals surface area contributed by atoms with Crippen molar-refractivity contribution < 1.29 is 17.6 Å². The minimum Gasteiger partial charge on any atom is -0.368 e. The van der Waals surface area contributed by atoms with Crippen LogP contribution in [0, 0.1) is 11.7 Å². The molecule has 0 spiro atoms. The molecule has 0 saturated carbocycles. The van der Waals surface area contributed by atoms with Crippen LogP contribution in [0.2, 0.25) is 0 Å². The molecule has 2 aliphatic rings. The number of sulfonamides is 1. The zero-order chi connectivity index (χ0) is 21.1. The van der Waals surface area contributed by atoms with Crippen molar-refractivity contribution in [2.24, 2.45) is 5.92 Å². The van der Waals surface area contributed by atoms with Crippen molar-refractivity contribution in [2.45, 2.75) is 17.7 Å². The van der Waals surface area contributed by atoms with Gasteiger partial charge in [0.15, 0.2) is 0 Å². The Morgan fingerprint density at radius 2 is 1.57 bits per heavy atom. The molecular formula is C22H26FN3O3S. The molecule has 2 aromatic rings. The summed E-state index contributed by atoms with van der Waals surface area (Å²) in [5.74, 6) is -0.783. The molecule has 6 nitrogen and oxygen atoms in total. The summed E-state index contributed by atoms with van der Waals surface area (Å²) in [5.41, 5.74) is 1.15. The molecule has 4 rings (SSSR count). The highest BCUT2D eigenvalue weighted by Crippen LogP contribution is 2.26. The van der Waals surface area contributed by atoms with Crippen LogP contribution in [0.5, 0.6) is 0 Å². The van der Waals surface area contributed by atoms with Gasteiger partial charge in [-0.3, -0.25) is 4.79 Å². The SMILES string of the molecule is O=C([C@@H]1CCCN(S(=O)(=O)c2ccc(F)cc2)C1)N1CCN(c2ccccc2)CC1. The van der Waals surface area contributed by atoms with E-state index in [4.69, 9.17) is 0 Å². The first-order valence-corrected chi connectivity index (χ1v) is 11.7. The summed E-state index contributed by atoms with van der Waals surface area (Å²) in [5, 5.41) is 0. The van der Waals surface area contributed by atoms with Crippen molar-refractivity contribution in [2.75, 3.05) is 44.2 Å². The van der Waals surface area contributed by atoms with Gasteiger partial charge in [0.25, 0.3) is 0 Å². The summed E-state index contributed by atoms with van der Waals surface area (Å²) in [6.07, 6.45) is 1.33. The molecule has 8 heteroatoms. The van der Waals surface area contributed by atoms with Crippen LogP contribution in [0.25, 0.3) is 0 Å². The third-order valence-corrected chi connectivity index (χ3v) is 7.78. The molecule has 2 fully saturated rings. The van der Waals surface area contributed by atoms with Crippen LogP contribution in [0.3, 0.4) is 0 Å². The zero-order valence-electron chi connectivity index (χ0n) is 16.8. The highest BCUT2D eigenvalue weighted by molar-refractivity contribution is 7.89. The van der Waals surface area contributed by atoms with E-state index in [1.165, 1.54) is 16.4 Å². The van der Waals surface area contributed by atoms with Crippen LogP contribution in [0.4, 0.5) is 10.1 Å². The molecule has 2 aromatic carbocycles. The van der Waals surface area contributed by atoms with Crippen LogP contribution in [-0.4, -0.2) is 62.8 Å². The fraction of sp³-hybridized carbons (Fsp3) is 0.409. The van der Waals surface area contributed by atoms with E-state index < -0.39 is 15.8 Å². The second-order valence-electron chi connectivity index (χ2n) is 7.80. The second-order valence-corrected chi connectivity index (χ2v) is 9.74. The Hall–Kier alpha value is -2.45. The van der Waals surface area contributed by atoms with Gasteiger partial charge in [0.2, 0.25) is 15.9 Å². The van der Waals surface area contributed by atoms with Crippen molar-refractivity contribution in [3.05, 3.63) is 60.4 Å². The van der Waals surface area contributed by atoms with E-state index in [0.29, 0.717) is 32.5 Å². The Bertz CT molecular complexity index is 974. The molecule has 160 valence electrons. The Labute approximate surface area is 176 Å². The van der Waals surface area contributed by atoms with Gasteiger partial charge in [-0.2, -0.15) is 4.31 Å². The monoisotopic (exact) mass is 431 g/mol. The lowest BCUT2D eigenvalue weighted by atomic mass is 9.97. The fourth-order valence-electron chi connectivity index (χ4n) is 4.20. The number of carbonyl (C=O) groups excluding carboxylic acids is 1. The van der Waals surface area contributed by atoms with Gasteiger partial charge >= 0.3 is 0 Å². The minimum absolute atomic E-state index is 0.0294. The maximum absolute atomic E-state index is 13.2. The predicted molar refractivity (Wildman–Crippen MR) is 113 cm³/mol. The molecule has 0 aromatic heterocycles. The molecular weight excluding hydrogens is 405 g/mol. The van der Waals surface area contributed by atoms with Gasteiger partial charge in [-0.15, -0.1) is 0 Å². The van der Waals surface area contributed by atoms with Crippen molar-refractivity contribution in [3.63, 3.8) is 0 Å². The van der Waals surface area contributed by atoms with Crippen molar-refractivity contribution in [3.8, 4) is 0 Å². The molecule has 2 saturated heterocycles. The normalized spacial score (nSPS) is 20.9. The van der Waals surface area contributed by atoms with Crippen molar-refractivity contribution >= 4 is 21.6 Å². The van der Waals surface area contributed by atoms with Crippen molar-refractivity contribution in [1.82, 2.24) is 9.21 Å². The molecule has 0 unspecified atom stereocenters. The number of hydrogen-bond donors (Lipinski definition) is 0. The summed E-state index contributed by atoms with van der Waals surface area (Å²) in [6.45, 7) is 3.35. The molecule has 0 radical (unpaired) electrons. The highest BCUT2D eigenvalue weighted by Gasteiger charge is 2.35. The van der Waals surface area contributed by atoms with Crippen LogP contribution in [0.15, 0.2) is 59.5 Å². The van der Waals surface area contributed by atoms with E-state index in [-0.39, 0.29) is 23.3 Å². The number of anilines is 1. The first kappa shape index (κ1) is 20.8. The summed E-state index contributed by atoms with van der Waals surface area (Å²) < 4.78 is 40.4. The Kier molecular flexibility index (Phi) is 6.06. The number of halogens is 1. The maximum Gasteiger partial charge on any atom is 0.243 e. The average Bonchev–Trinajstić information content (AvgIpc) is 2.80. The lowest BCUT2D eigenvalue weighted by molar-refractivity contribution is -0.137. The minimum atomic E-state index is -3.73.